The van der Waals surface area contributed by atoms with Gasteiger partial charge in [0.1, 0.15) is 6.10 Å². The number of aromatic hydroxyl groups is 1. The maximum absolute atomic E-state index is 12.2. The Morgan fingerprint density at radius 1 is 1.10 bits per heavy atom. The third kappa shape index (κ3) is 2.16. The van der Waals surface area contributed by atoms with Crippen molar-refractivity contribution < 1.29 is 20.1 Å². The summed E-state index contributed by atoms with van der Waals surface area (Å²) in [5, 5.41) is 33.4. The van der Waals surface area contributed by atoms with Crippen molar-refractivity contribution in [1.29, 1.82) is 0 Å². The first-order valence-corrected chi connectivity index (χ1v) is 10.7. The van der Waals surface area contributed by atoms with Crippen LogP contribution in [0.3, 0.4) is 0 Å². The molecule has 2 aromatic rings. The number of hydrogen-bond donors (Lipinski definition) is 3. The Hall–Kier alpha value is -2.08. The van der Waals surface area contributed by atoms with Crippen LogP contribution >= 0.6 is 0 Å². The molecule has 29 heavy (non-hydrogen) atoms. The van der Waals surface area contributed by atoms with E-state index in [9.17, 15) is 15.3 Å². The van der Waals surface area contributed by atoms with Crippen LogP contribution < -0.4 is 4.74 Å². The first-order valence-electron chi connectivity index (χ1n) is 10.7. The highest BCUT2D eigenvalue weighted by Crippen LogP contribution is 2.65. The fraction of sp³-hybridized carbons (Fsp3) is 0.500. The Morgan fingerprint density at radius 3 is 2.76 bits per heavy atom. The zero-order valence-electron chi connectivity index (χ0n) is 16.4. The summed E-state index contributed by atoms with van der Waals surface area (Å²) in [5.41, 5.74) is 1.85. The monoisotopic (exact) mass is 393 g/mol. The van der Waals surface area contributed by atoms with Gasteiger partial charge in [0, 0.05) is 18.2 Å². The number of phenols is 1. The highest BCUT2D eigenvalue weighted by molar-refractivity contribution is 5.62. The van der Waals surface area contributed by atoms with Crippen LogP contribution in [0.5, 0.6) is 11.5 Å². The molecule has 0 aromatic heterocycles. The first-order chi connectivity index (χ1) is 14.0. The highest BCUT2D eigenvalue weighted by atomic mass is 16.5. The molecule has 2 bridgehead atoms. The summed E-state index contributed by atoms with van der Waals surface area (Å²) in [6, 6.07) is 14.2. The van der Waals surface area contributed by atoms with Gasteiger partial charge in [0.05, 0.1) is 17.1 Å². The van der Waals surface area contributed by atoms with E-state index in [-0.39, 0.29) is 11.8 Å². The Balaban J connectivity index is 1.42. The molecular formula is C24H27NO4. The lowest BCUT2D eigenvalue weighted by Gasteiger charge is -2.63. The van der Waals surface area contributed by atoms with Gasteiger partial charge in [0.2, 0.25) is 0 Å². The number of phenolic OH excluding ortho intramolecular Hbond substituents is 1. The molecule has 3 N–H and O–H groups in total. The predicted octanol–water partition coefficient (Wildman–Crippen LogP) is 2.15. The summed E-state index contributed by atoms with van der Waals surface area (Å²) < 4.78 is 6.17. The molecule has 0 amide bonds. The number of piperidine rings is 1. The van der Waals surface area contributed by atoms with E-state index >= 15 is 0 Å². The van der Waals surface area contributed by atoms with Crippen LogP contribution in [-0.4, -0.2) is 57.2 Å². The van der Waals surface area contributed by atoms with E-state index < -0.39 is 23.2 Å². The molecule has 2 aliphatic carbocycles. The van der Waals surface area contributed by atoms with Gasteiger partial charge in [0.25, 0.3) is 0 Å². The molecule has 2 heterocycles. The van der Waals surface area contributed by atoms with Crippen molar-refractivity contribution in [2.75, 3.05) is 13.1 Å². The minimum absolute atomic E-state index is 0.00144. The van der Waals surface area contributed by atoms with Crippen LogP contribution in [0, 0.1) is 0 Å². The van der Waals surface area contributed by atoms with Gasteiger partial charge in [-0.25, -0.2) is 0 Å². The van der Waals surface area contributed by atoms with E-state index in [0.717, 1.165) is 43.5 Å². The minimum Gasteiger partial charge on any atom is -0.504 e. The Morgan fingerprint density at radius 2 is 1.93 bits per heavy atom. The van der Waals surface area contributed by atoms with Crippen LogP contribution in [0.15, 0.2) is 42.5 Å². The number of aliphatic hydroxyl groups is 2. The molecule has 1 spiro atoms. The van der Waals surface area contributed by atoms with Gasteiger partial charge in [-0.3, -0.25) is 4.90 Å². The SMILES string of the molecule is Oc1ccc2c3c1O[C@H]1C(O)CCC4(O)C(C2)N(CCc2ccccc2)CC[C@]314. The molecule has 152 valence electrons. The first kappa shape index (κ1) is 17.8. The number of likely N-dealkylation sites (tertiary alicyclic amines) is 1. The number of nitrogens with zero attached hydrogens (tertiary/aromatic N) is 1. The lowest BCUT2D eigenvalue weighted by molar-refractivity contribution is -0.207. The van der Waals surface area contributed by atoms with Crippen LogP contribution in [0.25, 0.3) is 0 Å². The highest BCUT2D eigenvalue weighted by Gasteiger charge is 2.72. The number of rotatable bonds is 3. The molecule has 2 aliphatic heterocycles. The van der Waals surface area contributed by atoms with E-state index in [2.05, 4.69) is 29.2 Å². The van der Waals surface area contributed by atoms with Gasteiger partial charge in [-0.05, 0) is 55.8 Å². The average molecular weight is 393 g/mol. The summed E-state index contributed by atoms with van der Waals surface area (Å²) in [6.07, 6.45) is 2.43. The van der Waals surface area contributed by atoms with E-state index in [1.165, 1.54) is 5.56 Å². The second-order valence-corrected chi connectivity index (χ2v) is 9.23. The van der Waals surface area contributed by atoms with Gasteiger partial charge in [0.15, 0.2) is 11.5 Å². The van der Waals surface area contributed by atoms with Gasteiger partial charge < -0.3 is 20.1 Å². The van der Waals surface area contributed by atoms with Crippen molar-refractivity contribution in [2.24, 2.45) is 0 Å². The van der Waals surface area contributed by atoms with Gasteiger partial charge in [-0.1, -0.05) is 36.4 Å². The zero-order chi connectivity index (χ0) is 19.8. The standard InChI is InChI=1S/C24H27NO4/c26-17-7-6-16-14-19-24(28)10-8-18(27)22-23(24,20(16)21(17)29-22)11-13-25(19)12-9-15-4-2-1-3-5-15/h1-7,18-19,22,26-28H,8-14H2/t18?,19?,22-,23-,24?/m0/s1. The van der Waals surface area contributed by atoms with E-state index in [1.54, 1.807) is 6.07 Å². The van der Waals surface area contributed by atoms with Crippen molar-refractivity contribution in [3.05, 3.63) is 59.2 Å². The molecule has 5 nitrogen and oxygen atoms in total. The molecular weight excluding hydrogens is 366 g/mol. The number of benzene rings is 2. The molecule has 2 fully saturated rings. The summed E-state index contributed by atoms with van der Waals surface area (Å²) in [7, 11) is 0. The molecule has 1 saturated heterocycles. The lowest BCUT2D eigenvalue weighted by atomic mass is 9.48. The smallest absolute Gasteiger partial charge is 0.165 e. The topological polar surface area (TPSA) is 73.2 Å². The average Bonchev–Trinajstić information content (AvgIpc) is 3.09. The van der Waals surface area contributed by atoms with Gasteiger partial charge in [-0.15, -0.1) is 0 Å². The Labute approximate surface area is 170 Å². The summed E-state index contributed by atoms with van der Waals surface area (Å²) in [4.78, 5) is 2.45. The molecule has 0 radical (unpaired) electrons. The van der Waals surface area contributed by atoms with Gasteiger partial charge in [-0.2, -0.15) is 0 Å². The third-order valence-corrected chi connectivity index (χ3v) is 8.07. The Kier molecular flexibility index (Phi) is 3.65. The van der Waals surface area contributed by atoms with E-state index in [0.29, 0.717) is 18.6 Å². The fourth-order valence-corrected chi connectivity index (χ4v) is 6.79. The fourth-order valence-electron chi connectivity index (χ4n) is 6.79. The van der Waals surface area contributed by atoms with Crippen molar-refractivity contribution in [3.63, 3.8) is 0 Å². The zero-order valence-corrected chi connectivity index (χ0v) is 16.4. The van der Waals surface area contributed by atoms with Crippen LogP contribution in [-0.2, 0) is 18.3 Å². The molecule has 1 saturated carbocycles. The van der Waals surface area contributed by atoms with Crippen molar-refractivity contribution >= 4 is 0 Å². The summed E-state index contributed by atoms with van der Waals surface area (Å²) in [6.45, 7) is 1.77. The van der Waals surface area contributed by atoms with Crippen molar-refractivity contribution in [2.45, 2.75) is 61.4 Å². The molecule has 4 aliphatic rings. The minimum atomic E-state index is -0.947. The quantitative estimate of drug-likeness (QED) is 0.745. The van der Waals surface area contributed by atoms with Crippen molar-refractivity contribution in [3.8, 4) is 11.5 Å². The molecule has 3 unspecified atom stereocenters. The number of ether oxygens (including phenoxy) is 1. The second kappa shape index (κ2) is 5.97. The normalized spacial score (nSPS) is 37.1. The maximum Gasteiger partial charge on any atom is 0.165 e. The summed E-state index contributed by atoms with van der Waals surface area (Å²) >= 11 is 0. The van der Waals surface area contributed by atoms with E-state index in [1.807, 2.05) is 12.1 Å². The van der Waals surface area contributed by atoms with Crippen LogP contribution in [0.2, 0.25) is 0 Å². The van der Waals surface area contributed by atoms with Crippen molar-refractivity contribution in [1.82, 2.24) is 4.90 Å². The van der Waals surface area contributed by atoms with Crippen LogP contribution in [0.1, 0.15) is 36.0 Å². The summed E-state index contributed by atoms with van der Waals surface area (Å²) in [5.74, 6) is 0.607. The predicted molar refractivity (Wildman–Crippen MR) is 108 cm³/mol. The van der Waals surface area contributed by atoms with Crippen LogP contribution in [0.4, 0.5) is 0 Å². The third-order valence-electron chi connectivity index (χ3n) is 8.07. The molecule has 2 aromatic carbocycles. The second-order valence-electron chi connectivity index (χ2n) is 9.23. The van der Waals surface area contributed by atoms with E-state index in [4.69, 9.17) is 4.74 Å². The molecule has 5 atom stereocenters. The molecule has 6 rings (SSSR count). The Bertz CT molecular complexity index is 963. The number of hydrogen-bond acceptors (Lipinski definition) is 5. The number of aliphatic hydroxyl groups excluding tert-OH is 1. The largest absolute Gasteiger partial charge is 0.504 e. The van der Waals surface area contributed by atoms with Gasteiger partial charge >= 0.3 is 0 Å². The lowest BCUT2D eigenvalue weighted by Crippen LogP contribution is -2.77. The molecule has 5 heteroatoms. The maximum atomic E-state index is 12.2.